The molecule has 188 valence electrons. The van der Waals surface area contributed by atoms with Crippen LogP contribution in [0.4, 0.5) is 5.13 Å². The van der Waals surface area contributed by atoms with Gasteiger partial charge in [0.15, 0.2) is 16.6 Å². The molecule has 1 unspecified atom stereocenters. The Morgan fingerprint density at radius 2 is 1.81 bits per heavy atom. The predicted octanol–water partition coefficient (Wildman–Crippen LogP) is 4.58. The summed E-state index contributed by atoms with van der Waals surface area (Å²) in [7, 11) is 4.43. The molecule has 0 spiro atoms. The number of aliphatic hydroxyl groups excluding tert-OH is 1. The molecule has 1 amide bonds. The molecule has 4 rings (SSSR count). The number of ketones is 1. The van der Waals surface area contributed by atoms with Crippen LogP contribution in [0.3, 0.4) is 0 Å². The normalized spacial score (nSPS) is 16.8. The molecule has 1 fully saturated rings. The molecule has 1 aliphatic rings. The van der Waals surface area contributed by atoms with E-state index < -0.39 is 17.7 Å². The van der Waals surface area contributed by atoms with Crippen LogP contribution in [0.25, 0.3) is 5.76 Å². The lowest BCUT2D eigenvalue weighted by Gasteiger charge is -2.24. The molecule has 0 bridgehead atoms. The first-order chi connectivity index (χ1) is 17.4. The summed E-state index contributed by atoms with van der Waals surface area (Å²) in [5.41, 5.74) is 0.731. The molecule has 1 saturated heterocycles. The van der Waals surface area contributed by atoms with Gasteiger partial charge in [0.2, 0.25) is 5.75 Å². The summed E-state index contributed by atoms with van der Waals surface area (Å²) in [4.78, 5) is 32.1. The summed E-state index contributed by atoms with van der Waals surface area (Å²) < 4.78 is 22.1. The van der Waals surface area contributed by atoms with Crippen molar-refractivity contribution in [1.29, 1.82) is 0 Å². The van der Waals surface area contributed by atoms with Crippen LogP contribution in [0.1, 0.15) is 30.5 Å². The first-order valence-corrected chi connectivity index (χ1v) is 12.1. The average molecular weight is 511 g/mol. The van der Waals surface area contributed by atoms with Gasteiger partial charge in [-0.3, -0.25) is 14.5 Å². The van der Waals surface area contributed by atoms with E-state index in [4.69, 9.17) is 18.9 Å². The fraction of sp³-hybridized carbons (Fsp3) is 0.269. The molecule has 1 aliphatic heterocycles. The Bertz CT molecular complexity index is 1280. The SMILES string of the molecule is CCCOc1cccc(/C(O)=C2\C(=O)C(=O)N(c3nccs3)C2c2cc(OC)c(OC)c(OC)c2)c1. The third-order valence-corrected chi connectivity index (χ3v) is 6.42. The van der Waals surface area contributed by atoms with Crippen molar-refractivity contribution in [2.24, 2.45) is 0 Å². The first kappa shape index (κ1) is 25.1. The van der Waals surface area contributed by atoms with E-state index in [9.17, 15) is 14.7 Å². The second-order valence-electron chi connectivity index (χ2n) is 7.82. The van der Waals surface area contributed by atoms with E-state index >= 15 is 0 Å². The fourth-order valence-corrected chi connectivity index (χ4v) is 4.71. The van der Waals surface area contributed by atoms with Gasteiger partial charge in [-0.2, -0.15) is 0 Å². The van der Waals surface area contributed by atoms with Crippen LogP contribution in [-0.4, -0.2) is 49.7 Å². The zero-order chi connectivity index (χ0) is 25.8. The number of hydrogen-bond donors (Lipinski definition) is 1. The Morgan fingerprint density at radius 1 is 1.08 bits per heavy atom. The van der Waals surface area contributed by atoms with Crippen LogP contribution in [-0.2, 0) is 9.59 Å². The molecule has 3 aromatic rings. The topological polar surface area (TPSA) is 107 Å². The number of hydrogen-bond acceptors (Lipinski definition) is 9. The maximum Gasteiger partial charge on any atom is 0.301 e. The van der Waals surface area contributed by atoms with Crippen molar-refractivity contribution in [2.45, 2.75) is 19.4 Å². The Balaban J connectivity index is 1.94. The summed E-state index contributed by atoms with van der Waals surface area (Å²) in [5, 5.41) is 13.4. The van der Waals surface area contributed by atoms with Crippen LogP contribution in [0.15, 0.2) is 53.5 Å². The molecule has 9 nitrogen and oxygen atoms in total. The number of amides is 1. The number of rotatable bonds is 9. The van der Waals surface area contributed by atoms with Crippen molar-refractivity contribution < 1.29 is 33.6 Å². The third-order valence-electron chi connectivity index (χ3n) is 5.65. The monoisotopic (exact) mass is 510 g/mol. The van der Waals surface area contributed by atoms with Gasteiger partial charge >= 0.3 is 5.91 Å². The number of aromatic nitrogens is 1. The number of nitrogens with zero attached hydrogens (tertiary/aromatic N) is 2. The van der Waals surface area contributed by atoms with E-state index in [0.717, 1.165) is 6.42 Å². The third kappa shape index (κ3) is 4.47. The molecule has 1 atom stereocenters. The molecule has 1 aromatic heterocycles. The smallest absolute Gasteiger partial charge is 0.301 e. The van der Waals surface area contributed by atoms with Crippen molar-refractivity contribution >= 4 is 33.9 Å². The minimum absolute atomic E-state index is 0.0860. The lowest BCUT2D eigenvalue weighted by molar-refractivity contribution is -0.132. The second kappa shape index (κ2) is 10.7. The van der Waals surface area contributed by atoms with Crippen molar-refractivity contribution in [1.82, 2.24) is 4.98 Å². The Labute approximate surface area is 212 Å². The first-order valence-electron chi connectivity index (χ1n) is 11.2. The molecule has 0 aliphatic carbocycles. The largest absolute Gasteiger partial charge is 0.507 e. The number of thiazole rings is 1. The van der Waals surface area contributed by atoms with Crippen LogP contribution in [0.2, 0.25) is 0 Å². The van der Waals surface area contributed by atoms with E-state index in [1.807, 2.05) is 6.92 Å². The summed E-state index contributed by atoms with van der Waals surface area (Å²) in [6.45, 7) is 2.49. The summed E-state index contributed by atoms with van der Waals surface area (Å²) in [6.07, 6.45) is 2.36. The van der Waals surface area contributed by atoms with E-state index in [1.54, 1.807) is 48.0 Å². The Hall–Kier alpha value is -4.05. The molecular formula is C26H26N2O7S. The number of carbonyl (C=O) groups is 2. The number of benzene rings is 2. The summed E-state index contributed by atoms with van der Waals surface area (Å²) >= 11 is 1.20. The number of aliphatic hydroxyl groups is 1. The second-order valence-corrected chi connectivity index (χ2v) is 8.69. The van der Waals surface area contributed by atoms with E-state index in [2.05, 4.69) is 4.98 Å². The minimum Gasteiger partial charge on any atom is -0.507 e. The Morgan fingerprint density at radius 3 is 2.39 bits per heavy atom. The highest BCUT2D eigenvalue weighted by Crippen LogP contribution is 2.47. The van der Waals surface area contributed by atoms with Crippen molar-refractivity contribution in [3.63, 3.8) is 0 Å². The highest BCUT2D eigenvalue weighted by molar-refractivity contribution is 7.14. The van der Waals surface area contributed by atoms with E-state index in [0.29, 0.717) is 45.9 Å². The van der Waals surface area contributed by atoms with E-state index in [1.165, 1.54) is 37.6 Å². The molecule has 1 N–H and O–H groups in total. The van der Waals surface area contributed by atoms with Gasteiger partial charge in [-0.1, -0.05) is 19.1 Å². The Kier molecular flexibility index (Phi) is 7.44. The minimum atomic E-state index is -0.995. The molecule has 2 aromatic carbocycles. The standard InChI is InChI=1S/C26H26N2O7S/c1-5-10-35-17-8-6-7-15(12-17)22(29)20-21(28(25(31)23(20)30)26-27-9-11-36-26)16-13-18(32-2)24(34-4)19(14-16)33-3/h6-9,11-14,21,29H,5,10H2,1-4H3/b22-20+. The van der Waals surface area contributed by atoms with Crippen LogP contribution >= 0.6 is 11.3 Å². The lowest BCUT2D eigenvalue weighted by atomic mass is 9.94. The maximum atomic E-state index is 13.3. The molecule has 0 saturated carbocycles. The van der Waals surface area contributed by atoms with Crippen LogP contribution < -0.4 is 23.8 Å². The highest BCUT2D eigenvalue weighted by atomic mass is 32.1. The molecule has 2 heterocycles. The van der Waals surface area contributed by atoms with Crippen molar-refractivity contribution in [3.8, 4) is 23.0 Å². The van der Waals surface area contributed by atoms with Gasteiger partial charge < -0.3 is 24.1 Å². The van der Waals surface area contributed by atoms with Gasteiger partial charge in [-0.05, 0) is 36.2 Å². The number of methoxy groups -OCH3 is 3. The van der Waals surface area contributed by atoms with Crippen molar-refractivity contribution in [3.05, 3.63) is 64.7 Å². The van der Waals surface area contributed by atoms with Crippen LogP contribution in [0, 0.1) is 0 Å². The molecule has 36 heavy (non-hydrogen) atoms. The summed E-state index contributed by atoms with van der Waals surface area (Å²) in [5.74, 6) is -0.383. The van der Waals surface area contributed by atoms with Gasteiger partial charge in [0.1, 0.15) is 11.5 Å². The number of carbonyl (C=O) groups excluding carboxylic acids is 2. The average Bonchev–Trinajstić information content (AvgIpc) is 3.52. The van der Waals surface area contributed by atoms with Crippen molar-refractivity contribution in [2.75, 3.05) is 32.8 Å². The number of Topliss-reactive ketones (excluding diaryl/α,β-unsaturated/α-hetero) is 1. The highest BCUT2D eigenvalue weighted by Gasteiger charge is 2.48. The zero-order valence-corrected chi connectivity index (χ0v) is 21.1. The molecule has 10 heteroatoms. The van der Waals surface area contributed by atoms with Crippen LogP contribution in [0.5, 0.6) is 23.0 Å². The van der Waals surface area contributed by atoms with E-state index in [-0.39, 0.29) is 11.3 Å². The number of ether oxygens (including phenoxy) is 4. The molecular weight excluding hydrogens is 484 g/mol. The van der Waals surface area contributed by atoms with Gasteiger partial charge in [0, 0.05) is 17.1 Å². The maximum absolute atomic E-state index is 13.3. The fourth-order valence-electron chi connectivity index (χ4n) is 4.05. The quantitative estimate of drug-likeness (QED) is 0.253. The lowest BCUT2D eigenvalue weighted by Crippen LogP contribution is -2.29. The van der Waals surface area contributed by atoms with Gasteiger partial charge in [0.05, 0.1) is 39.6 Å². The van der Waals surface area contributed by atoms with Gasteiger partial charge in [-0.15, -0.1) is 11.3 Å². The van der Waals surface area contributed by atoms with Gasteiger partial charge in [-0.25, -0.2) is 4.98 Å². The van der Waals surface area contributed by atoms with Gasteiger partial charge in [0.25, 0.3) is 5.78 Å². The zero-order valence-electron chi connectivity index (χ0n) is 20.3. The molecule has 0 radical (unpaired) electrons. The summed E-state index contributed by atoms with van der Waals surface area (Å²) in [6, 6.07) is 9.05. The predicted molar refractivity (Wildman–Crippen MR) is 135 cm³/mol. The number of anilines is 1.